The normalized spacial score (nSPS) is 28.8. The monoisotopic (exact) mass is 390 g/mol. The highest BCUT2D eigenvalue weighted by Gasteiger charge is 2.84. The van der Waals surface area contributed by atoms with Gasteiger partial charge in [-0.05, 0) is 19.3 Å². The summed E-state index contributed by atoms with van der Waals surface area (Å²) in [6.07, 6.45) is -5.62. The maximum atomic E-state index is 14.8. The zero-order chi connectivity index (χ0) is 20.6. The van der Waals surface area contributed by atoms with E-state index in [1.807, 2.05) is 0 Å². The Kier molecular flexibility index (Phi) is 6.17. The number of hydrogen-bond donors (Lipinski definition) is 0. The Balaban J connectivity index is 3.09. The van der Waals surface area contributed by atoms with Gasteiger partial charge in [-0.3, -0.25) is 0 Å². The number of carbonyl (C=O) groups is 1. The summed E-state index contributed by atoms with van der Waals surface area (Å²) in [4.78, 5) is 11.6. The number of hydrogen-bond acceptors (Lipinski definition) is 5. The number of ether oxygens (including phenoxy) is 4. The van der Waals surface area contributed by atoms with Crippen LogP contribution in [0.5, 0.6) is 0 Å². The zero-order valence-electron chi connectivity index (χ0n) is 15.3. The van der Waals surface area contributed by atoms with Crippen molar-refractivity contribution in [3.63, 3.8) is 0 Å². The third-order valence-corrected chi connectivity index (χ3v) is 3.55. The lowest BCUT2D eigenvalue weighted by atomic mass is 9.94. The number of carbonyl (C=O) groups excluding carboxylic acids is 1. The minimum atomic E-state index is -5.62. The standard InChI is InChI=1S/C16H23F5O5/c1-10(2)11(22)26-13(6)8-24-15(14(13,17)18,16(19,20)21)25-9-23-7-12(3,4)5/h1,7-9H2,2-6H3. The minimum absolute atomic E-state index is 0.0333. The van der Waals surface area contributed by atoms with E-state index in [1.165, 1.54) is 6.92 Å². The van der Waals surface area contributed by atoms with E-state index < -0.39 is 48.3 Å². The first kappa shape index (κ1) is 22.8. The largest absolute Gasteiger partial charge is 0.450 e. The molecule has 0 aromatic rings. The van der Waals surface area contributed by atoms with Gasteiger partial charge in [-0.1, -0.05) is 27.4 Å². The van der Waals surface area contributed by atoms with Crippen molar-refractivity contribution in [1.29, 1.82) is 0 Å². The van der Waals surface area contributed by atoms with Crippen molar-refractivity contribution in [2.24, 2.45) is 5.41 Å². The Morgan fingerprint density at radius 3 is 2.19 bits per heavy atom. The molecule has 152 valence electrons. The number of halogens is 5. The van der Waals surface area contributed by atoms with Gasteiger partial charge in [0.25, 0.3) is 0 Å². The van der Waals surface area contributed by atoms with Gasteiger partial charge >= 0.3 is 23.9 Å². The van der Waals surface area contributed by atoms with Gasteiger partial charge in [0.05, 0.1) is 13.2 Å². The van der Waals surface area contributed by atoms with E-state index in [4.69, 9.17) is 4.74 Å². The van der Waals surface area contributed by atoms with Crippen LogP contribution in [-0.4, -0.2) is 49.5 Å². The fourth-order valence-electron chi connectivity index (χ4n) is 2.10. The van der Waals surface area contributed by atoms with Crippen molar-refractivity contribution in [3.05, 3.63) is 12.2 Å². The molecule has 0 N–H and O–H groups in total. The minimum Gasteiger partial charge on any atom is -0.447 e. The molecule has 0 aromatic carbocycles. The Morgan fingerprint density at radius 1 is 1.23 bits per heavy atom. The highest BCUT2D eigenvalue weighted by Crippen LogP contribution is 2.56. The molecule has 0 saturated carbocycles. The van der Waals surface area contributed by atoms with Crippen molar-refractivity contribution in [2.75, 3.05) is 20.0 Å². The molecule has 0 bridgehead atoms. The smallest absolute Gasteiger partial charge is 0.447 e. The van der Waals surface area contributed by atoms with Gasteiger partial charge in [0, 0.05) is 5.57 Å². The van der Waals surface area contributed by atoms with Gasteiger partial charge in [-0.25, -0.2) is 4.79 Å². The molecule has 1 rings (SSSR count). The van der Waals surface area contributed by atoms with Gasteiger partial charge in [0.15, 0.2) is 6.79 Å². The first-order chi connectivity index (χ1) is 11.5. The second kappa shape index (κ2) is 7.05. The average molecular weight is 390 g/mol. The second-order valence-corrected chi connectivity index (χ2v) is 7.55. The molecule has 1 fully saturated rings. The van der Waals surface area contributed by atoms with Crippen molar-refractivity contribution in [3.8, 4) is 0 Å². The number of alkyl halides is 5. The van der Waals surface area contributed by atoms with E-state index in [2.05, 4.69) is 20.8 Å². The molecule has 1 aliphatic rings. The van der Waals surface area contributed by atoms with E-state index in [9.17, 15) is 26.7 Å². The average Bonchev–Trinajstić information content (AvgIpc) is 2.62. The summed E-state index contributed by atoms with van der Waals surface area (Å²) in [7, 11) is 0. The molecule has 0 spiro atoms. The molecule has 1 saturated heterocycles. The van der Waals surface area contributed by atoms with Gasteiger partial charge < -0.3 is 18.9 Å². The van der Waals surface area contributed by atoms with Crippen LogP contribution >= 0.6 is 0 Å². The first-order valence-corrected chi connectivity index (χ1v) is 7.68. The fraction of sp³-hybridized carbons (Fsp3) is 0.812. The summed E-state index contributed by atoms with van der Waals surface area (Å²) in [5, 5.41) is 0. The lowest BCUT2D eigenvalue weighted by Gasteiger charge is -2.38. The van der Waals surface area contributed by atoms with Crippen molar-refractivity contribution in [1.82, 2.24) is 0 Å². The van der Waals surface area contributed by atoms with Crippen LogP contribution < -0.4 is 0 Å². The van der Waals surface area contributed by atoms with E-state index in [-0.39, 0.29) is 12.2 Å². The van der Waals surface area contributed by atoms with E-state index in [0.717, 1.165) is 0 Å². The topological polar surface area (TPSA) is 54.0 Å². The molecular weight excluding hydrogens is 367 g/mol. The van der Waals surface area contributed by atoms with Crippen LogP contribution in [0.2, 0.25) is 0 Å². The van der Waals surface area contributed by atoms with Gasteiger partial charge in [0.1, 0.15) is 0 Å². The summed E-state index contributed by atoms with van der Waals surface area (Å²) in [6, 6.07) is 0. The van der Waals surface area contributed by atoms with Crippen LogP contribution in [0.1, 0.15) is 34.6 Å². The molecule has 2 atom stereocenters. The van der Waals surface area contributed by atoms with Crippen LogP contribution in [0.15, 0.2) is 12.2 Å². The highest BCUT2D eigenvalue weighted by atomic mass is 19.4. The van der Waals surface area contributed by atoms with Gasteiger partial charge in [-0.15, -0.1) is 0 Å². The lowest BCUT2D eigenvalue weighted by molar-refractivity contribution is -0.434. The molecule has 0 aromatic heterocycles. The van der Waals surface area contributed by atoms with Gasteiger partial charge in [-0.2, -0.15) is 22.0 Å². The van der Waals surface area contributed by atoms with Crippen molar-refractivity contribution in [2.45, 2.75) is 58.1 Å². The van der Waals surface area contributed by atoms with E-state index in [1.54, 1.807) is 20.8 Å². The lowest BCUT2D eigenvalue weighted by Crippen LogP contribution is -2.65. The maximum Gasteiger partial charge on any atom is 0.450 e. The quantitative estimate of drug-likeness (QED) is 0.227. The van der Waals surface area contributed by atoms with Gasteiger partial charge in [0.2, 0.25) is 5.60 Å². The summed E-state index contributed by atoms with van der Waals surface area (Å²) in [6.45, 7) is 7.89. The molecule has 0 aliphatic carbocycles. The molecular formula is C16H23F5O5. The molecule has 0 amide bonds. The summed E-state index contributed by atoms with van der Waals surface area (Å²) in [5.74, 6) is -10.3. The third kappa shape index (κ3) is 4.17. The Bertz CT molecular complexity index is 554. The Morgan fingerprint density at radius 2 is 1.77 bits per heavy atom. The van der Waals surface area contributed by atoms with Crippen molar-refractivity contribution >= 4 is 5.97 Å². The molecule has 5 nitrogen and oxygen atoms in total. The van der Waals surface area contributed by atoms with E-state index >= 15 is 0 Å². The summed E-state index contributed by atoms with van der Waals surface area (Å²) in [5.41, 5.74) is -3.57. The summed E-state index contributed by atoms with van der Waals surface area (Å²) >= 11 is 0. The molecule has 1 aliphatic heterocycles. The predicted octanol–water partition coefficient (Wildman–Crippen LogP) is 3.83. The van der Waals surface area contributed by atoms with Crippen molar-refractivity contribution < 1.29 is 45.7 Å². The van der Waals surface area contributed by atoms with Crippen LogP contribution in [0, 0.1) is 5.41 Å². The molecule has 26 heavy (non-hydrogen) atoms. The number of esters is 1. The van der Waals surface area contributed by atoms with Crippen LogP contribution in [0.3, 0.4) is 0 Å². The first-order valence-electron chi connectivity index (χ1n) is 7.68. The second-order valence-electron chi connectivity index (χ2n) is 7.55. The molecule has 1 heterocycles. The third-order valence-electron chi connectivity index (χ3n) is 3.55. The SMILES string of the molecule is C=C(C)C(=O)OC1(C)COC(OCOCC(C)(C)C)(C(F)(F)F)C1(F)F. The molecule has 2 unspecified atom stereocenters. The van der Waals surface area contributed by atoms with Crippen LogP contribution in [0.4, 0.5) is 22.0 Å². The van der Waals surface area contributed by atoms with Crippen LogP contribution in [-0.2, 0) is 23.7 Å². The summed E-state index contributed by atoms with van der Waals surface area (Å²) < 4.78 is 88.1. The highest BCUT2D eigenvalue weighted by molar-refractivity contribution is 5.87. The fourth-order valence-corrected chi connectivity index (χ4v) is 2.10. The Hall–Kier alpha value is -1.26. The molecule has 0 radical (unpaired) electrons. The zero-order valence-corrected chi connectivity index (χ0v) is 15.3. The predicted molar refractivity (Wildman–Crippen MR) is 80.4 cm³/mol. The Labute approximate surface area is 148 Å². The maximum absolute atomic E-state index is 14.8. The number of rotatable bonds is 6. The van der Waals surface area contributed by atoms with E-state index in [0.29, 0.717) is 6.92 Å². The van der Waals surface area contributed by atoms with Crippen LogP contribution in [0.25, 0.3) is 0 Å². The molecule has 10 heteroatoms.